The van der Waals surface area contributed by atoms with E-state index in [9.17, 15) is 18.0 Å². The number of fused-ring (bicyclic) bond motifs is 2. The molecule has 2 aromatic carbocycles. The van der Waals surface area contributed by atoms with E-state index >= 15 is 0 Å². The Hall–Kier alpha value is -4.17. The lowest BCUT2D eigenvalue weighted by Gasteiger charge is -2.15. The molecule has 0 radical (unpaired) electrons. The molecule has 6 bridgehead atoms. The Morgan fingerprint density at radius 2 is 1.68 bits per heavy atom. The molecule has 3 aliphatic heterocycles. The van der Waals surface area contributed by atoms with Crippen molar-refractivity contribution in [3.8, 4) is 11.8 Å². The first-order valence-electron chi connectivity index (χ1n) is 13.1. The minimum atomic E-state index is -4.56. The topological polar surface area (TPSA) is 132 Å². The van der Waals surface area contributed by atoms with Crippen molar-refractivity contribution in [2.45, 2.75) is 19.6 Å². The van der Waals surface area contributed by atoms with Crippen LogP contribution >= 0.6 is 0 Å². The quantitative estimate of drug-likeness (QED) is 0.360. The van der Waals surface area contributed by atoms with Gasteiger partial charge in [-0.15, -0.1) is 0 Å². The SMILES string of the molecule is C[C@@H]1CNCCOCCNC(=O)c2ccc(cc2)Nc2nc(nc(OCC(F)(F)F)n2)NCc2ccc(cc2)OC1. The molecule has 0 fully saturated rings. The number of hydrogen-bond acceptors (Lipinski definition) is 10. The summed E-state index contributed by atoms with van der Waals surface area (Å²) in [5.74, 6) is 0.688. The highest BCUT2D eigenvalue weighted by Gasteiger charge is 2.29. The van der Waals surface area contributed by atoms with Crippen LogP contribution in [0.1, 0.15) is 22.8 Å². The van der Waals surface area contributed by atoms with Gasteiger partial charge in [-0.05, 0) is 42.0 Å². The maximum atomic E-state index is 12.8. The van der Waals surface area contributed by atoms with Crippen LogP contribution in [0.3, 0.4) is 0 Å². The molecule has 14 heteroatoms. The second-order valence-electron chi connectivity index (χ2n) is 9.36. The molecule has 1 aromatic heterocycles. The summed E-state index contributed by atoms with van der Waals surface area (Å²) in [5.41, 5.74) is 1.80. The Bertz CT molecular complexity index is 1260. The van der Waals surface area contributed by atoms with Crippen molar-refractivity contribution in [1.29, 1.82) is 0 Å². The minimum Gasteiger partial charge on any atom is -0.493 e. The summed E-state index contributed by atoms with van der Waals surface area (Å²) in [6.45, 7) is 4.02. The average molecular weight is 576 g/mol. The summed E-state index contributed by atoms with van der Waals surface area (Å²) >= 11 is 0. The van der Waals surface area contributed by atoms with Crippen LogP contribution in [0.4, 0.5) is 30.8 Å². The number of amides is 1. The number of aromatic nitrogens is 3. The van der Waals surface area contributed by atoms with Crippen molar-refractivity contribution in [1.82, 2.24) is 25.6 Å². The molecule has 0 saturated heterocycles. The number of nitrogens with one attached hydrogen (secondary N) is 4. The van der Waals surface area contributed by atoms with Crippen LogP contribution in [0.5, 0.6) is 11.8 Å². The molecule has 1 amide bonds. The fraction of sp³-hybridized carbons (Fsp3) is 0.407. The smallest absolute Gasteiger partial charge is 0.422 e. The zero-order valence-electron chi connectivity index (χ0n) is 22.5. The van der Waals surface area contributed by atoms with Gasteiger partial charge in [0.15, 0.2) is 6.61 Å². The Kier molecular flexibility index (Phi) is 10.5. The van der Waals surface area contributed by atoms with Crippen LogP contribution in [0, 0.1) is 5.92 Å². The van der Waals surface area contributed by atoms with Crippen LogP contribution in [0.15, 0.2) is 48.5 Å². The molecule has 0 saturated carbocycles. The van der Waals surface area contributed by atoms with Crippen molar-refractivity contribution in [2.75, 3.05) is 56.7 Å². The van der Waals surface area contributed by atoms with Gasteiger partial charge >= 0.3 is 12.2 Å². The van der Waals surface area contributed by atoms with Crippen molar-refractivity contribution < 1.29 is 32.2 Å². The average Bonchev–Trinajstić information content (AvgIpc) is 2.95. The number of carbonyl (C=O) groups is 1. The van der Waals surface area contributed by atoms with Crippen molar-refractivity contribution >= 4 is 23.5 Å². The minimum absolute atomic E-state index is 0.0148. The molecule has 6 rings (SSSR count). The van der Waals surface area contributed by atoms with Crippen molar-refractivity contribution in [3.05, 3.63) is 59.7 Å². The van der Waals surface area contributed by atoms with Crippen LogP contribution < -0.4 is 30.7 Å². The third kappa shape index (κ3) is 10.4. The normalized spacial score (nSPS) is 17.6. The first-order chi connectivity index (χ1) is 19.7. The molecule has 41 heavy (non-hydrogen) atoms. The predicted octanol–water partition coefficient (Wildman–Crippen LogP) is 3.53. The lowest BCUT2D eigenvalue weighted by Crippen LogP contribution is -2.30. The largest absolute Gasteiger partial charge is 0.493 e. The number of alkyl halides is 3. The zero-order chi connectivity index (χ0) is 29.1. The van der Waals surface area contributed by atoms with E-state index in [1.807, 2.05) is 24.3 Å². The number of hydrogen-bond donors (Lipinski definition) is 4. The highest BCUT2D eigenvalue weighted by molar-refractivity contribution is 5.94. The predicted molar refractivity (Wildman–Crippen MR) is 146 cm³/mol. The van der Waals surface area contributed by atoms with E-state index in [2.05, 4.69) is 43.1 Å². The summed E-state index contributed by atoms with van der Waals surface area (Å²) in [7, 11) is 0. The van der Waals surface area contributed by atoms with E-state index < -0.39 is 18.8 Å². The second-order valence-corrected chi connectivity index (χ2v) is 9.36. The highest BCUT2D eigenvalue weighted by atomic mass is 19.4. The first kappa shape index (κ1) is 29.8. The Morgan fingerprint density at radius 1 is 0.951 bits per heavy atom. The molecular weight excluding hydrogens is 543 g/mol. The standard InChI is InChI=1S/C27H32F3N7O4/c1-18-14-31-10-12-39-13-11-32-23(38)20-4-6-21(7-5-20)34-25-35-24(36-26(37-25)41-17-27(28,29)30)33-15-19-2-8-22(9-3-19)40-16-18/h2-9,18,31H,10-17H2,1H3,(H,32,38)(H2,33,34,35,36,37)/t18-/m1/s1. The lowest BCUT2D eigenvalue weighted by molar-refractivity contribution is -0.154. The van der Waals surface area contributed by atoms with Gasteiger partial charge in [-0.1, -0.05) is 19.1 Å². The van der Waals surface area contributed by atoms with Gasteiger partial charge in [0, 0.05) is 43.3 Å². The Balaban J connectivity index is 1.51. The second kappa shape index (κ2) is 14.5. The molecule has 220 valence electrons. The van der Waals surface area contributed by atoms with E-state index in [0.717, 1.165) is 12.1 Å². The Labute approximate surface area is 235 Å². The van der Waals surface area contributed by atoms with E-state index in [1.54, 1.807) is 24.3 Å². The van der Waals surface area contributed by atoms with E-state index in [4.69, 9.17) is 14.2 Å². The van der Waals surface area contributed by atoms with Crippen molar-refractivity contribution in [2.24, 2.45) is 5.92 Å². The van der Waals surface area contributed by atoms with Crippen LogP contribution in [0.2, 0.25) is 0 Å². The third-order valence-electron chi connectivity index (χ3n) is 5.74. The van der Waals surface area contributed by atoms with E-state index in [-0.39, 0.29) is 30.3 Å². The van der Waals surface area contributed by atoms with E-state index in [1.165, 1.54) is 0 Å². The summed E-state index contributed by atoms with van der Waals surface area (Å²) in [4.78, 5) is 24.6. The molecule has 3 aliphatic rings. The Morgan fingerprint density at radius 3 is 2.44 bits per heavy atom. The fourth-order valence-corrected chi connectivity index (χ4v) is 3.65. The number of anilines is 3. The molecule has 3 aromatic rings. The van der Waals surface area contributed by atoms with Gasteiger partial charge < -0.3 is 35.5 Å². The number of halogens is 3. The molecule has 0 aliphatic carbocycles. The van der Waals surface area contributed by atoms with E-state index in [0.29, 0.717) is 49.9 Å². The molecule has 0 spiro atoms. The van der Waals surface area contributed by atoms with Gasteiger partial charge in [0.05, 0.1) is 19.8 Å². The number of ether oxygens (including phenoxy) is 3. The van der Waals surface area contributed by atoms with Gasteiger partial charge in [-0.2, -0.15) is 28.1 Å². The first-order valence-corrected chi connectivity index (χ1v) is 13.1. The maximum absolute atomic E-state index is 12.8. The molecule has 4 heterocycles. The fourth-order valence-electron chi connectivity index (χ4n) is 3.65. The van der Waals surface area contributed by atoms with Gasteiger partial charge in [-0.3, -0.25) is 4.79 Å². The summed E-state index contributed by atoms with van der Waals surface area (Å²) in [6.07, 6.45) is -4.56. The lowest BCUT2D eigenvalue weighted by atomic mass is 10.2. The van der Waals surface area contributed by atoms with Gasteiger partial charge in [0.2, 0.25) is 11.9 Å². The van der Waals surface area contributed by atoms with Crippen LogP contribution in [-0.4, -0.2) is 73.1 Å². The monoisotopic (exact) mass is 575 g/mol. The highest BCUT2D eigenvalue weighted by Crippen LogP contribution is 2.21. The van der Waals surface area contributed by atoms with Crippen LogP contribution in [0.25, 0.3) is 0 Å². The molecule has 0 unspecified atom stereocenters. The zero-order valence-corrected chi connectivity index (χ0v) is 22.5. The van der Waals surface area contributed by atoms with Gasteiger partial charge in [0.25, 0.3) is 5.91 Å². The third-order valence-corrected chi connectivity index (χ3v) is 5.74. The molecule has 1 atom stereocenters. The molecule has 4 N–H and O–H groups in total. The molecule has 11 nitrogen and oxygen atoms in total. The number of carbonyl (C=O) groups excluding carboxylic acids is 1. The summed E-state index contributed by atoms with van der Waals surface area (Å²) in [5, 5.41) is 12.0. The molecular formula is C27H32F3N7O4. The maximum Gasteiger partial charge on any atom is 0.422 e. The summed E-state index contributed by atoms with van der Waals surface area (Å²) < 4.78 is 54.5. The summed E-state index contributed by atoms with van der Waals surface area (Å²) in [6, 6.07) is 13.4. The van der Waals surface area contributed by atoms with Gasteiger partial charge in [-0.25, -0.2) is 0 Å². The van der Waals surface area contributed by atoms with Crippen molar-refractivity contribution in [3.63, 3.8) is 0 Å². The number of nitrogens with zero attached hydrogens (tertiary/aromatic N) is 3. The van der Waals surface area contributed by atoms with Crippen LogP contribution in [-0.2, 0) is 11.3 Å². The van der Waals surface area contributed by atoms with Gasteiger partial charge in [0.1, 0.15) is 5.75 Å². The number of benzene rings is 2. The number of rotatable bonds is 2.